The Morgan fingerprint density at radius 1 is 1.06 bits per heavy atom. The van der Waals surface area contributed by atoms with E-state index in [1.807, 2.05) is 0 Å². The van der Waals surface area contributed by atoms with E-state index in [9.17, 15) is 0 Å². The molecule has 0 unspecified atom stereocenters. The van der Waals surface area contributed by atoms with Crippen LogP contribution in [0.2, 0.25) is 0 Å². The number of hydrogen-bond acceptors (Lipinski definition) is 4. The Labute approximate surface area is 105 Å². The van der Waals surface area contributed by atoms with Crippen LogP contribution in [0.15, 0.2) is 42.5 Å². The van der Waals surface area contributed by atoms with Gasteiger partial charge in [-0.2, -0.15) is 5.26 Å². The maximum Gasteiger partial charge on any atom is 0.145 e. The maximum atomic E-state index is 8.70. The highest BCUT2D eigenvalue weighted by Crippen LogP contribution is 2.29. The van der Waals surface area contributed by atoms with E-state index in [2.05, 4.69) is 6.07 Å². The number of nitrogens with zero attached hydrogens (tertiary/aromatic N) is 1. The molecular weight excluding hydrogens is 228 g/mol. The Kier molecular flexibility index (Phi) is 3.35. The molecular formula is C14H12N2O2. The van der Waals surface area contributed by atoms with Gasteiger partial charge in [-0.1, -0.05) is 0 Å². The number of nitrogens with two attached hydrogens (primary N) is 1. The quantitative estimate of drug-likeness (QED) is 0.837. The Morgan fingerprint density at radius 3 is 2.33 bits per heavy atom. The van der Waals surface area contributed by atoms with Crippen LogP contribution in [0.1, 0.15) is 5.56 Å². The summed E-state index contributed by atoms with van der Waals surface area (Å²) < 4.78 is 10.7. The van der Waals surface area contributed by atoms with E-state index < -0.39 is 0 Å². The highest BCUT2D eigenvalue weighted by atomic mass is 16.5. The van der Waals surface area contributed by atoms with Gasteiger partial charge in [0, 0.05) is 6.07 Å². The molecule has 0 saturated carbocycles. The zero-order chi connectivity index (χ0) is 13.0. The number of anilines is 1. The molecule has 2 rings (SSSR count). The van der Waals surface area contributed by atoms with Crippen LogP contribution >= 0.6 is 0 Å². The molecule has 0 saturated heterocycles. The van der Waals surface area contributed by atoms with Crippen molar-refractivity contribution < 1.29 is 9.47 Å². The first-order chi connectivity index (χ1) is 8.72. The first-order valence-corrected chi connectivity index (χ1v) is 5.34. The molecule has 18 heavy (non-hydrogen) atoms. The van der Waals surface area contributed by atoms with E-state index in [0.29, 0.717) is 28.5 Å². The first kappa shape index (κ1) is 11.8. The largest absolute Gasteiger partial charge is 0.494 e. The molecule has 0 atom stereocenters. The van der Waals surface area contributed by atoms with Crippen LogP contribution in [0.5, 0.6) is 17.2 Å². The van der Waals surface area contributed by atoms with Gasteiger partial charge in [-0.25, -0.2) is 0 Å². The van der Waals surface area contributed by atoms with Crippen LogP contribution in [-0.4, -0.2) is 7.11 Å². The summed E-state index contributed by atoms with van der Waals surface area (Å²) in [6.45, 7) is 0. The van der Waals surface area contributed by atoms with E-state index in [4.69, 9.17) is 20.5 Å². The SMILES string of the molecule is COc1cc(Oc2ccc(C#N)cc2)ccc1N. The van der Waals surface area contributed by atoms with Gasteiger partial charge in [0.15, 0.2) is 0 Å². The normalized spacial score (nSPS) is 9.56. The third-order valence-electron chi connectivity index (χ3n) is 2.42. The molecule has 4 nitrogen and oxygen atoms in total. The number of nitrogen functional groups attached to an aromatic ring is 1. The fourth-order valence-electron chi connectivity index (χ4n) is 1.49. The van der Waals surface area contributed by atoms with Gasteiger partial charge in [-0.05, 0) is 36.4 Å². The first-order valence-electron chi connectivity index (χ1n) is 5.34. The van der Waals surface area contributed by atoms with Crippen molar-refractivity contribution >= 4 is 5.69 Å². The number of benzene rings is 2. The van der Waals surface area contributed by atoms with Crippen molar-refractivity contribution in [2.45, 2.75) is 0 Å². The molecule has 2 aromatic rings. The van der Waals surface area contributed by atoms with Crippen LogP contribution < -0.4 is 15.2 Å². The number of ether oxygens (including phenoxy) is 2. The lowest BCUT2D eigenvalue weighted by Gasteiger charge is -2.09. The third kappa shape index (κ3) is 2.53. The number of nitriles is 1. The zero-order valence-corrected chi connectivity index (χ0v) is 9.88. The third-order valence-corrected chi connectivity index (χ3v) is 2.42. The molecule has 90 valence electrons. The average Bonchev–Trinajstić information content (AvgIpc) is 2.42. The minimum Gasteiger partial charge on any atom is -0.494 e. The van der Waals surface area contributed by atoms with Gasteiger partial charge in [0.1, 0.15) is 17.2 Å². The summed E-state index contributed by atoms with van der Waals surface area (Å²) in [5.74, 6) is 1.85. The maximum absolute atomic E-state index is 8.70. The molecule has 0 bridgehead atoms. The van der Waals surface area contributed by atoms with Crippen molar-refractivity contribution in [1.29, 1.82) is 5.26 Å². The lowest BCUT2D eigenvalue weighted by Crippen LogP contribution is -1.93. The van der Waals surface area contributed by atoms with Crippen molar-refractivity contribution in [1.82, 2.24) is 0 Å². The van der Waals surface area contributed by atoms with Gasteiger partial charge in [0.2, 0.25) is 0 Å². The number of rotatable bonds is 3. The molecule has 2 aromatic carbocycles. The second kappa shape index (κ2) is 5.11. The van der Waals surface area contributed by atoms with Gasteiger partial charge in [0.25, 0.3) is 0 Å². The Morgan fingerprint density at radius 2 is 1.72 bits per heavy atom. The average molecular weight is 240 g/mol. The van der Waals surface area contributed by atoms with Crippen LogP contribution in [-0.2, 0) is 0 Å². The second-order valence-electron chi connectivity index (χ2n) is 3.64. The van der Waals surface area contributed by atoms with E-state index in [1.165, 1.54) is 0 Å². The van der Waals surface area contributed by atoms with Crippen molar-refractivity contribution in [2.75, 3.05) is 12.8 Å². The highest BCUT2D eigenvalue weighted by Gasteiger charge is 2.03. The van der Waals surface area contributed by atoms with E-state index in [-0.39, 0.29) is 0 Å². The van der Waals surface area contributed by atoms with Crippen LogP contribution in [0.4, 0.5) is 5.69 Å². The predicted molar refractivity (Wildman–Crippen MR) is 68.6 cm³/mol. The van der Waals surface area contributed by atoms with Gasteiger partial charge < -0.3 is 15.2 Å². The Balaban J connectivity index is 2.20. The molecule has 0 heterocycles. The van der Waals surface area contributed by atoms with Gasteiger partial charge >= 0.3 is 0 Å². The van der Waals surface area contributed by atoms with Crippen molar-refractivity contribution in [3.05, 3.63) is 48.0 Å². The van der Waals surface area contributed by atoms with E-state index in [1.54, 1.807) is 49.6 Å². The van der Waals surface area contributed by atoms with Gasteiger partial charge in [0.05, 0.1) is 24.4 Å². The Hall–Kier alpha value is -2.67. The molecule has 0 aliphatic rings. The summed E-state index contributed by atoms with van der Waals surface area (Å²) in [7, 11) is 1.55. The topological polar surface area (TPSA) is 68.3 Å². The molecule has 0 spiro atoms. The fraction of sp³-hybridized carbons (Fsp3) is 0.0714. The molecule has 0 aromatic heterocycles. The predicted octanol–water partition coefficient (Wildman–Crippen LogP) is 2.94. The van der Waals surface area contributed by atoms with Crippen molar-refractivity contribution in [2.24, 2.45) is 0 Å². The fourth-order valence-corrected chi connectivity index (χ4v) is 1.49. The summed E-state index contributed by atoms with van der Waals surface area (Å²) in [6, 6.07) is 14.1. The molecule has 0 aliphatic heterocycles. The summed E-state index contributed by atoms with van der Waals surface area (Å²) in [4.78, 5) is 0. The van der Waals surface area contributed by atoms with Crippen molar-refractivity contribution in [3.63, 3.8) is 0 Å². The summed E-state index contributed by atoms with van der Waals surface area (Å²) in [6.07, 6.45) is 0. The molecule has 2 N–H and O–H groups in total. The van der Waals surface area contributed by atoms with Gasteiger partial charge in [-0.15, -0.1) is 0 Å². The molecule has 0 aliphatic carbocycles. The molecule has 4 heteroatoms. The summed E-state index contributed by atoms with van der Waals surface area (Å²) in [5.41, 5.74) is 6.87. The number of hydrogen-bond donors (Lipinski definition) is 1. The minimum atomic E-state index is 0.560. The lowest BCUT2D eigenvalue weighted by molar-refractivity contribution is 0.411. The van der Waals surface area contributed by atoms with Crippen LogP contribution in [0.3, 0.4) is 0 Å². The lowest BCUT2D eigenvalue weighted by atomic mass is 10.2. The standard InChI is InChI=1S/C14H12N2O2/c1-17-14-8-12(6-7-13(14)16)18-11-4-2-10(9-15)3-5-11/h2-8H,16H2,1H3. The highest BCUT2D eigenvalue weighted by molar-refractivity contribution is 5.56. The molecule has 0 radical (unpaired) electrons. The van der Waals surface area contributed by atoms with Crippen LogP contribution in [0.25, 0.3) is 0 Å². The van der Waals surface area contributed by atoms with Crippen LogP contribution in [0, 0.1) is 11.3 Å². The van der Waals surface area contributed by atoms with E-state index >= 15 is 0 Å². The van der Waals surface area contributed by atoms with Gasteiger partial charge in [-0.3, -0.25) is 0 Å². The smallest absolute Gasteiger partial charge is 0.145 e. The zero-order valence-electron chi connectivity index (χ0n) is 9.88. The second-order valence-corrected chi connectivity index (χ2v) is 3.64. The number of methoxy groups -OCH3 is 1. The summed E-state index contributed by atoms with van der Waals surface area (Å²) in [5, 5.41) is 8.70. The Bertz CT molecular complexity index is 586. The van der Waals surface area contributed by atoms with E-state index in [0.717, 1.165) is 0 Å². The minimum absolute atomic E-state index is 0.560. The monoisotopic (exact) mass is 240 g/mol. The van der Waals surface area contributed by atoms with Crippen molar-refractivity contribution in [3.8, 4) is 23.3 Å². The molecule has 0 fully saturated rings. The molecule has 0 amide bonds. The summed E-state index contributed by atoms with van der Waals surface area (Å²) >= 11 is 0.